The topological polar surface area (TPSA) is 126 Å². The Kier molecular flexibility index (Phi) is 6.06. The van der Waals surface area contributed by atoms with Gasteiger partial charge in [-0.2, -0.15) is 4.98 Å². The van der Waals surface area contributed by atoms with Gasteiger partial charge in [-0.3, -0.25) is 9.59 Å². The molecule has 9 heteroatoms. The number of anilines is 3. The lowest BCUT2D eigenvalue weighted by molar-refractivity contribution is -0.127. The lowest BCUT2D eigenvalue weighted by Crippen LogP contribution is -2.44. The van der Waals surface area contributed by atoms with Gasteiger partial charge in [-0.25, -0.2) is 0 Å². The molecule has 1 aromatic heterocycles. The van der Waals surface area contributed by atoms with Crippen molar-refractivity contribution in [3.8, 4) is 0 Å². The molecule has 1 fully saturated rings. The normalized spacial score (nSPS) is 16.2. The van der Waals surface area contributed by atoms with E-state index in [9.17, 15) is 9.59 Å². The molecule has 2 amide bonds. The number of primary amides is 1. The maximum Gasteiger partial charge on any atom is 0.273 e. The highest BCUT2D eigenvalue weighted by Crippen LogP contribution is 2.21. The molecule has 1 aliphatic heterocycles. The number of carbonyl (C=O) groups excluding carboxylic acids is 2. The average Bonchev–Trinajstić information content (AvgIpc) is 2.70. The summed E-state index contributed by atoms with van der Waals surface area (Å²) in [6.45, 7) is 8.77. The van der Waals surface area contributed by atoms with Crippen molar-refractivity contribution in [3.63, 3.8) is 0 Å². The van der Waals surface area contributed by atoms with Gasteiger partial charge in [0.2, 0.25) is 11.9 Å². The van der Waals surface area contributed by atoms with Crippen LogP contribution in [0.25, 0.3) is 0 Å². The van der Waals surface area contributed by atoms with Gasteiger partial charge in [0.15, 0.2) is 11.5 Å². The third-order valence-corrected chi connectivity index (χ3v) is 4.93. The molecule has 152 valence electrons. The highest BCUT2D eigenvalue weighted by molar-refractivity contribution is 5.96. The fourth-order valence-electron chi connectivity index (χ4n) is 3.20. The van der Waals surface area contributed by atoms with E-state index in [0.717, 1.165) is 29.7 Å². The lowest BCUT2D eigenvalue weighted by Gasteiger charge is -2.32. The zero-order chi connectivity index (χ0) is 21.0. The third kappa shape index (κ3) is 4.87. The molecular formula is C20H25N7O2. The number of piperidine rings is 1. The van der Waals surface area contributed by atoms with Crippen LogP contribution in [0.15, 0.2) is 30.9 Å². The molecule has 1 aromatic carbocycles. The number of carbonyl (C=O) groups is 2. The van der Waals surface area contributed by atoms with E-state index in [1.807, 2.05) is 32.0 Å². The second-order valence-electron chi connectivity index (χ2n) is 7.09. The van der Waals surface area contributed by atoms with Gasteiger partial charge in [-0.15, -0.1) is 10.2 Å². The number of nitrogens with two attached hydrogens (primary N) is 1. The Morgan fingerprint density at radius 3 is 2.76 bits per heavy atom. The van der Waals surface area contributed by atoms with Gasteiger partial charge in [0, 0.05) is 24.8 Å². The van der Waals surface area contributed by atoms with E-state index < -0.39 is 5.91 Å². The molecule has 3 rings (SSSR count). The number of hydrogen-bond acceptors (Lipinski definition) is 7. The molecule has 0 spiro atoms. The molecule has 0 aliphatic carbocycles. The highest BCUT2D eigenvalue weighted by Gasteiger charge is 2.23. The molecular weight excluding hydrogens is 370 g/mol. The maximum atomic E-state index is 11.9. The van der Waals surface area contributed by atoms with E-state index in [2.05, 4.69) is 32.4 Å². The molecule has 0 radical (unpaired) electrons. The van der Waals surface area contributed by atoms with E-state index >= 15 is 0 Å². The van der Waals surface area contributed by atoms with Crippen LogP contribution in [0, 0.1) is 13.8 Å². The van der Waals surface area contributed by atoms with Crippen LogP contribution < -0.4 is 16.4 Å². The Balaban J connectivity index is 1.80. The zero-order valence-corrected chi connectivity index (χ0v) is 16.6. The largest absolute Gasteiger partial charge is 0.364 e. The number of rotatable bonds is 6. The fraction of sp³-hybridized carbons (Fsp3) is 0.350. The first-order valence-electron chi connectivity index (χ1n) is 9.44. The predicted octanol–water partition coefficient (Wildman–Crippen LogP) is 1.92. The van der Waals surface area contributed by atoms with E-state index in [4.69, 9.17) is 5.73 Å². The quantitative estimate of drug-likeness (QED) is 0.638. The average molecular weight is 395 g/mol. The number of hydrogen-bond donors (Lipinski definition) is 3. The molecule has 0 bridgehead atoms. The lowest BCUT2D eigenvalue weighted by atomic mass is 10.1. The standard InChI is InChI=1S/C20H25N7O2/c1-4-16(28)27-9-5-6-15(11-27)23-20-24-19(17(18(21)29)25-26-20)22-14-8-7-12(2)13(3)10-14/h4,7-8,10,15H,1,5-6,9,11H2,2-3H3,(H2,21,29)(H2,22,23,24,26)/t15-/m1/s1. The Hall–Kier alpha value is -3.49. The molecule has 9 nitrogen and oxygen atoms in total. The van der Waals surface area contributed by atoms with Crippen LogP contribution in [-0.2, 0) is 4.79 Å². The summed E-state index contributed by atoms with van der Waals surface area (Å²) in [6, 6.07) is 5.79. The first-order valence-corrected chi connectivity index (χ1v) is 9.44. The van der Waals surface area contributed by atoms with E-state index in [-0.39, 0.29) is 29.4 Å². The second-order valence-corrected chi connectivity index (χ2v) is 7.09. The van der Waals surface area contributed by atoms with Crippen LogP contribution in [0.3, 0.4) is 0 Å². The van der Waals surface area contributed by atoms with Crippen molar-refractivity contribution in [1.82, 2.24) is 20.1 Å². The molecule has 1 atom stereocenters. The molecule has 1 aliphatic rings. The van der Waals surface area contributed by atoms with Crippen molar-refractivity contribution in [2.75, 3.05) is 23.7 Å². The molecule has 0 saturated carbocycles. The number of aryl methyl sites for hydroxylation is 2. The van der Waals surface area contributed by atoms with E-state index in [1.165, 1.54) is 6.08 Å². The van der Waals surface area contributed by atoms with Crippen LogP contribution in [-0.4, -0.2) is 51.0 Å². The SMILES string of the molecule is C=CC(=O)N1CCC[C@@H](Nc2nnc(C(N)=O)c(Nc3ccc(C)c(C)c3)n2)C1. The minimum atomic E-state index is -0.719. The smallest absolute Gasteiger partial charge is 0.273 e. The first kappa shape index (κ1) is 20.2. The van der Waals surface area contributed by atoms with Crippen molar-refractivity contribution in [2.45, 2.75) is 32.7 Å². The molecule has 2 heterocycles. The summed E-state index contributed by atoms with van der Waals surface area (Å²) in [7, 11) is 0. The summed E-state index contributed by atoms with van der Waals surface area (Å²) in [4.78, 5) is 29.8. The minimum absolute atomic E-state index is 0.0247. The van der Waals surface area contributed by atoms with Crippen LogP contribution in [0.5, 0.6) is 0 Å². The summed E-state index contributed by atoms with van der Waals surface area (Å²) < 4.78 is 0. The van der Waals surface area contributed by atoms with Crippen molar-refractivity contribution < 1.29 is 9.59 Å². The fourth-order valence-corrected chi connectivity index (χ4v) is 3.20. The van der Waals surface area contributed by atoms with Crippen molar-refractivity contribution in [1.29, 1.82) is 0 Å². The minimum Gasteiger partial charge on any atom is -0.364 e. The highest BCUT2D eigenvalue weighted by atomic mass is 16.2. The summed E-state index contributed by atoms with van der Waals surface area (Å²) in [5.41, 5.74) is 8.41. The van der Waals surface area contributed by atoms with Crippen molar-refractivity contribution in [2.24, 2.45) is 5.73 Å². The van der Waals surface area contributed by atoms with Gasteiger partial charge in [-0.05, 0) is 56.0 Å². The number of nitrogens with one attached hydrogen (secondary N) is 2. The van der Waals surface area contributed by atoms with Gasteiger partial charge in [0.25, 0.3) is 5.91 Å². The van der Waals surface area contributed by atoms with Gasteiger partial charge in [0.05, 0.1) is 0 Å². The Labute approximate surface area is 169 Å². The third-order valence-electron chi connectivity index (χ3n) is 4.93. The molecule has 0 unspecified atom stereocenters. The Morgan fingerprint density at radius 2 is 2.07 bits per heavy atom. The molecule has 2 aromatic rings. The summed E-state index contributed by atoms with van der Waals surface area (Å²) in [5.74, 6) is -0.327. The van der Waals surface area contributed by atoms with Crippen LogP contribution in [0.2, 0.25) is 0 Å². The predicted molar refractivity (Wildman–Crippen MR) is 111 cm³/mol. The monoisotopic (exact) mass is 395 g/mol. The molecule has 4 N–H and O–H groups in total. The Morgan fingerprint density at radius 1 is 1.28 bits per heavy atom. The number of nitrogens with zero attached hydrogens (tertiary/aromatic N) is 4. The van der Waals surface area contributed by atoms with Gasteiger partial charge < -0.3 is 21.3 Å². The number of likely N-dealkylation sites (tertiary alicyclic amines) is 1. The summed E-state index contributed by atoms with van der Waals surface area (Å²) in [5, 5.41) is 14.2. The van der Waals surface area contributed by atoms with Crippen molar-refractivity contribution >= 4 is 29.3 Å². The van der Waals surface area contributed by atoms with Crippen LogP contribution in [0.4, 0.5) is 17.5 Å². The van der Waals surface area contributed by atoms with E-state index in [0.29, 0.717) is 13.1 Å². The van der Waals surface area contributed by atoms with Crippen LogP contribution in [0.1, 0.15) is 34.5 Å². The van der Waals surface area contributed by atoms with E-state index in [1.54, 1.807) is 4.90 Å². The maximum absolute atomic E-state index is 11.9. The van der Waals surface area contributed by atoms with Gasteiger partial charge in [-0.1, -0.05) is 12.6 Å². The first-order chi connectivity index (χ1) is 13.9. The van der Waals surface area contributed by atoms with Gasteiger partial charge >= 0.3 is 0 Å². The number of amides is 2. The van der Waals surface area contributed by atoms with Gasteiger partial charge in [0.1, 0.15) is 0 Å². The number of benzene rings is 1. The number of aromatic nitrogens is 3. The zero-order valence-electron chi connectivity index (χ0n) is 16.6. The van der Waals surface area contributed by atoms with Crippen molar-refractivity contribution in [3.05, 3.63) is 47.7 Å². The van der Waals surface area contributed by atoms with Crippen LogP contribution >= 0.6 is 0 Å². The Bertz CT molecular complexity index is 944. The summed E-state index contributed by atoms with van der Waals surface area (Å²) in [6.07, 6.45) is 3.03. The molecule has 29 heavy (non-hydrogen) atoms. The molecule has 1 saturated heterocycles. The second kappa shape index (κ2) is 8.68. The summed E-state index contributed by atoms with van der Waals surface area (Å²) >= 11 is 0.